The van der Waals surface area contributed by atoms with Crippen LogP contribution in [0.4, 0.5) is 0 Å². The van der Waals surface area contributed by atoms with Crippen LogP contribution in [0.15, 0.2) is 180 Å². The molecule has 6 aromatic carbocycles. The maximum Gasteiger partial charge on any atom is 0.169 e. The molecule has 2 aliphatic carbocycles. The van der Waals surface area contributed by atoms with Crippen molar-refractivity contribution in [1.82, 2.24) is 9.88 Å². The van der Waals surface area contributed by atoms with Crippen LogP contribution in [0, 0.1) is 0 Å². The van der Waals surface area contributed by atoms with Crippen LogP contribution in [0.5, 0.6) is 0 Å². The summed E-state index contributed by atoms with van der Waals surface area (Å²) in [7, 11) is 0. The van der Waals surface area contributed by atoms with Crippen molar-refractivity contribution in [3.63, 3.8) is 0 Å². The van der Waals surface area contributed by atoms with Gasteiger partial charge in [0.15, 0.2) is 6.17 Å². The van der Waals surface area contributed by atoms with Gasteiger partial charge >= 0.3 is 0 Å². The van der Waals surface area contributed by atoms with Crippen molar-refractivity contribution in [3.8, 4) is 11.1 Å². The third-order valence-corrected chi connectivity index (χ3v) is 12.9. The van der Waals surface area contributed by atoms with Crippen molar-refractivity contribution in [3.05, 3.63) is 213 Å². The Labute approximate surface area is 330 Å². The Kier molecular flexibility index (Phi) is 7.99. The Bertz CT molecular complexity index is 2910. The van der Waals surface area contributed by atoms with Gasteiger partial charge in [0.05, 0.1) is 21.6 Å². The zero-order valence-corrected chi connectivity index (χ0v) is 31.6. The third kappa shape index (κ3) is 5.58. The van der Waals surface area contributed by atoms with Crippen molar-refractivity contribution >= 4 is 56.6 Å². The lowest BCUT2D eigenvalue weighted by Gasteiger charge is -2.23. The summed E-state index contributed by atoms with van der Waals surface area (Å²) >= 11 is 2.00. The molecule has 0 bridgehead atoms. The lowest BCUT2D eigenvalue weighted by atomic mass is 9.84. The van der Waals surface area contributed by atoms with E-state index in [2.05, 4.69) is 174 Å². The van der Waals surface area contributed by atoms with E-state index in [0.717, 1.165) is 47.6 Å². The molecule has 1 N–H and O–H groups in total. The molecule has 268 valence electrons. The van der Waals surface area contributed by atoms with Crippen LogP contribution in [-0.4, -0.2) is 16.2 Å². The molecule has 0 amide bonds. The Morgan fingerprint density at radius 3 is 2.09 bits per heavy atom. The number of nitrogens with zero attached hydrogens (tertiary/aromatic N) is 3. The molecule has 2 atom stereocenters. The molecule has 2 unspecified atom stereocenters. The summed E-state index contributed by atoms with van der Waals surface area (Å²) in [5, 5.41) is 6.13. The maximum absolute atomic E-state index is 5.23. The molecule has 3 heterocycles. The van der Waals surface area contributed by atoms with Crippen LogP contribution in [0.25, 0.3) is 44.7 Å². The van der Waals surface area contributed by atoms with Crippen LogP contribution in [0.1, 0.15) is 68.1 Å². The van der Waals surface area contributed by atoms with E-state index >= 15 is 0 Å². The van der Waals surface area contributed by atoms with E-state index in [0.29, 0.717) is 5.92 Å². The number of hydrogen-bond acceptors (Lipinski definition) is 4. The van der Waals surface area contributed by atoms with Gasteiger partial charge in [-0.05, 0) is 64.8 Å². The molecule has 3 aliphatic rings. The summed E-state index contributed by atoms with van der Waals surface area (Å²) < 4.78 is 2.52. The molecule has 2 aromatic heterocycles. The van der Waals surface area contributed by atoms with Crippen molar-refractivity contribution in [2.45, 2.75) is 31.3 Å². The molecule has 4 nitrogen and oxygen atoms in total. The average molecular weight is 739 g/mol. The Hall–Kier alpha value is -6.56. The number of thiophene rings is 1. The second-order valence-corrected chi connectivity index (χ2v) is 15.9. The van der Waals surface area contributed by atoms with E-state index in [-0.39, 0.29) is 6.17 Å². The highest BCUT2D eigenvalue weighted by molar-refractivity contribution is 7.13. The normalized spacial score (nSPS) is 17.5. The zero-order chi connectivity index (χ0) is 37.0. The lowest BCUT2D eigenvalue weighted by Crippen LogP contribution is -2.36. The Balaban J connectivity index is 1.03. The first-order chi connectivity index (χ1) is 27.8. The number of fused-ring (bicyclic) bond motifs is 6. The molecule has 5 heteroatoms. The molecule has 0 spiro atoms. The molecule has 1 aliphatic heterocycles. The van der Waals surface area contributed by atoms with Crippen LogP contribution >= 0.6 is 11.3 Å². The first-order valence-electron chi connectivity index (χ1n) is 19.5. The van der Waals surface area contributed by atoms with Gasteiger partial charge in [-0.25, -0.2) is 9.98 Å². The first-order valence-corrected chi connectivity index (χ1v) is 20.3. The summed E-state index contributed by atoms with van der Waals surface area (Å²) in [6, 6.07) is 56.4. The number of nitrogens with one attached hydrogen (secondary N) is 1. The molecule has 0 saturated heterocycles. The fourth-order valence-electron chi connectivity index (χ4n) is 8.81. The van der Waals surface area contributed by atoms with Gasteiger partial charge < -0.3 is 9.88 Å². The monoisotopic (exact) mass is 738 g/mol. The highest BCUT2D eigenvalue weighted by Gasteiger charge is 2.30. The summed E-state index contributed by atoms with van der Waals surface area (Å²) in [6.45, 7) is 0. The van der Waals surface area contributed by atoms with E-state index in [1.807, 2.05) is 23.5 Å². The number of amidine groups is 2. The van der Waals surface area contributed by atoms with Crippen molar-refractivity contribution in [1.29, 1.82) is 0 Å². The summed E-state index contributed by atoms with van der Waals surface area (Å²) in [5.41, 5.74) is 13.7. The second kappa shape index (κ2) is 13.6. The predicted octanol–water partition coefficient (Wildman–Crippen LogP) is 12.4. The average Bonchev–Trinajstić information content (AvgIpc) is 3.83. The number of aromatic nitrogens is 1. The van der Waals surface area contributed by atoms with E-state index in [1.165, 1.54) is 65.1 Å². The molecular weight excluding hydrogens is 701 g/mol. The number of para-hydroxylation sites is 1. The summed E-state index contributed by atoms with van der Waals surface area (Å²) in [5.74, 6) is 1.97. The topological polar surface area (TPSA) is 41.7 Å². The van der Waals surface area contributed by atoms with E-state index in [9.17, 15) is 0 Å². The summed E-state index contributed by atoms with van der Waals surface area (Å²) in [6.07, 6.45) is 9.99. The van der Waals surface area contributed by atoms with E-state index in [1.54, 1.807) is 0 Å². The molecule has 0 fully saturated rings. The van der Waals surface area contributed by atoms with Gasteiger partial charge in [0.25, 0.3) is 0 Å². The predicted molar refractivity (Wildman–Crippen MR) is 235 cm³/mol. The van der Waals surface area contributed by atoms with Gasteiger partial charge in [0.2, 0.25) is 0 Å². The van der Waals surface area contributed by atoms with Crippen molar-refractivity contribution in [2.75, 3.05) is 0 Å². The van der Waals surface area contributed by atoms with Gasteiger partial charge in [-0.3, -0.25) is 0 Å². The quantitative estimate of drug-likeness (QED) is 0.181. The van der Waals surface area contributed by atoms with Crippen LogP contribution < -0.4 is 5.32 Å². The molecule has 8 aromatic rings. The fraction of sp³-hybridized carbons (Fsp3) is 0.0980. The molecule has 0 saturated carbocycles. The number of hydrogen-bond donors (Lipinski definition) is 1. The van der Waals surface area contributed by atoms with Crippen LogP contribution in [0.2, 0.25) is 0 Å². The number of aliphatic imine (C=N–C) groups is 2. The van der Waals surface area contributed by atoms with Crippen molar-refractivity contribution < 1.29 is 0 Å². The molecule has 11 rings (SSSR count). The number of rotatable bonds is 6. The second-order valence-electron chi connectivity index (χ2n) is 14.8. The third-order valence-electron chi connectivity index (χ3n) is 11.5. The Morgan fingerprint density at radius 1 is 0.589 bits per heavy atom. The standard InChI is InChI=1S/C51H38N4S/c1-4-15-33(16-5-1)36-21-12-22-37(31-36)39-24-13-25-42-43-26-14-28-45(48(43)56-47(39)42)55-44-27-11-10-23-40(44)41-30-29-38(32-46(41)55)51-53-49(34-17-6-2-7-18-34)52-50(54-51)35-19-8-3-9-20-35/h1-13,15-23,25,27-32,39,49H,14,24,26H2,(H,52,53,54). The SMILES string of the molecule is C1=Cc2c(sc3c2CCC=C3n2c3ccccc3c3ccc(C4=NC(c5ccccc5)N=C(c5ccccc5)N4)cc32)C(c2cccc(-c3ccccc3)c2)C1. The van der Waals surface area contributed by atoms with Gasteiger partial charge in [-0.1, -0.05) is 164 Å². The van der Waals surface area contributed by atoms with Gasteiger partial charge in [-0.15, -0.1) is 11.3 Å². The van der Waals surface area contributed by atoms with Crippen LogP contribution in [0.3, 0.4) is 0 Å². The van der Waals surface area contributed by atoms with E-state index in [4.69, 9.17) is 9.98 Å². The van der Waals surface area contributed by atoms with E-state index < -0.39 is 0 Å². The Morgan fingerprint density at radius 2 is 1.27 bits per heavy atom. The largest absolute Gasteiger partial charge is 0.324 e. The van der Waals surface area contributed by atoms with Crippen molar-refractivity contribution in [2.24, 2.45) is 9.98 Å². The highest BCUT2D eigenvalue weighted by atomic mass is 32.1. The van der Waals surface area contributed by atoms with Gasteiger partial charge in [0, 0.05) is 32.7 Å². The van der Waals surface area contributed by atoms with Crippen LogP contribution in [-0.2, 0) is 6.42 Å². The molecular formula is C51H38N4S. The first kappa shape index (κ1) is 32.8. The minimum absolute atomic E-state index is 0.327. The summed E-state index contributed by atoms with van der Waals surface area (Å²) in [4.78, 5) is 13.2. The minimum Gasteiger partial charge on any atom is -0.324 e. The smallest absolute Gasteiger partial charge is 0.169 e. The van der Waals surface area contributed by atoms with Gasteiger partial charge in [0.1, 0.15) is 11.7 Å². The molecule has 56 heavy (non-hydrogen) atoms. The lowest BCUT2D eigenvalue weighted by molar-refractivity contribution is 0.756. The maximum atomic E-state index is 5.23. The highest BCUT2D eigenvalue weighted by Crippen LogP contribution is 2.49. The molecule has 0 radical (unpaired) electrons. The number of allylic oxidation sites excluding steroid dienone is 2. The number of benzene rings is 6. The minimum atomic E-state index is -0.348. The zero-order valence-electron chi connectivity index (χ0n) is 30.8. The van der Waals surface area contributed by atoms with Gasteiger partial charge in [-0.2, -0.15) is 0 Å². The fourth-order valence-corrected chi connectivity index (χ4v) is 10.3.